The van der Waals surface area contributed by atoms with E-state index in [2.05, 4.69) is 10.1 Å². The third-order valence-electron chi connectivity index (χ3n) is 4.19. The van der Waals surface area contributed by atoms with Gasteiger partial charge in [-0.2, -0.15) is 4.98 Å². The van der Waals surface area contributed by atoms with Gasteiger partial charge in [0, 0.05) is 5.56 Å². The number of hydrogen-bond donors (Lipinski definition) is 0. The van der Waals surface area contributed by atoms with Gasteiger partial charge in [0.1, 0.15) is 0 Å². The largest absolute Gasteiger partial charge is 0.494 e. The molecule has 3 rings (SSSR count). The molecule has 21 heavy (non-hydrogen) atoms. The van der Waals surface area contributed by atoms with E-state index in [1.807, 2.05) is 52.0 Å². The van der Waals surface area contributed by atoms with E-state index in [0.29, 0.717) is 11.7 Å². The van der Waals surface area contributed by atoms with Crippen LogP contribution in [0.1, 0.15) is 33.5 Å². The second-order valence-corrected chi connectivity index (χ2v) is 6.36. The second-order valence-electron chi connectivity index (χ2n) is 6.36. The van der Waals surface area contributed by atoms with Crippen molar-refractivity contribution in [3.8, 4) is 11.5 Å². The summed E-state index contributed by atoms with van der Waals surface area (Å²) in [6.07, 6.45) is 0. The highest BCUT2D eigenvalue weighted by Crippen LogP contribution is 2.36. The summed E-state index contributed by atoms with van der Waals surface area (Å²) < 4.78 is 17.3. The highest BCUT2D eigenvalue weighted by Gasteiger charge is 2.51. The van der Waals surface area contributed by atoms with Crippen LogP contribution in [0.25, 0.3) is 11.5 Å². The molecule has 0 aliphatic carbocycles. The van der Waals surface area contributed by atoms with Gasteiger partial charge >= 0.3 is 7.12 Å². The van der Waals surface area contributed by atoms with Crippen molar-refractivity contribution < 1.29 is 13.8 Å². The van der Waals surface area contributed by atoms with Gasteiger partial charge in [0.25, 0.3) is 5.89 Å². The van der Waals surface area contributed by atoms with Crippen LogP contribution in [0, 0.1) is 6.92 Å². The lowest BCUT2D eigenvalue weighted by molar-refractivity contribution is 0.00578. The molecule has 1 aromatic carbocycles. The van der Waals surface area contributed by atoms with E-state index < -0.39 is 0 Å². The van der Waals surface area contributed by atoms with Gasteiger partial charge in [0.05, 0.1) is 11.2 Å². The lowest BCUT2D eigenvalue weighted by Crippen LogP contribution is -2.41. The zero-order valence-corrected chi connectivity index (χ0v) is 13.0. The van der Waals surface area contributed by atoms with Crippen LogP contribution in [0.5, 0.6) is 0 Å². The van der Waals surface area contributed by atoms with Crippen molar-refractivity contribution >= 4 is 12.6 Å². The van der Waals surface area contributed by atoms with Crippen molar-refractivity contribution in [3.05, 3.63) is 30.1 Å². The Kier molecular flexibility index (Phi) is 3.18. The number of rotatable bonds is 2. The number of hydrogen-bond acceptors (Lipinski definition) is 5. The van der Waals surface area contributed by atoms with Crippen LogP contribution in [-0.4, -0.2) is 28.5 Å². The molecular weight excluding hydrogens is 267 g/mol. The summed E-state index contributed by atoms with van der Waals surface area (Å²) in [5, 5.41) is 3.82. The zero-order valence-electron chi connectivity index (χ0n) is 13.0. The molecule has 0 bridgehead atoms. The Bertz CT molecular complexity index is 650. The predicted molar refractivity (Wildman–Crippen MR) is 80.2 cm³/mol. The average Bonchev–Trinajstić information content (AvgIpc) is 2.92. The summed E-state index contributed by atoms with van der Waals surface area (Å²) >= 11 is 0. The van der Waals surface area contributed by atoms with Crippen LogP contribution in [0.3, 0.4) is 0 Å². The Labute approximate surface area is 124 Å². The first-order valence-electron chi connectivity index (χ1n) is 7.05. The summed E-state index contributed by atoms with van der Waals surface area (Å²) in [7, 11) is -0.390. The van der Waals surface area contributed by atoms with E-state index in [0.717, 1.165) is 11.0 Å². The highest BCUT2D eigenvalue weighted by atomic mass is 16.7. The number of benzene rings is 1. The molecule has 1 aliphatic heterocycles. The Hall–Kier alpha value is -1.66. The van der Waals surface area contributed by atoms with E-state index in [-0.39, 0.29) is 18.3 Å². The monoisotopic (exact) mass is 286 g/mol. The Morgan fingerprint density at radius 3 is 2.29 bits per heavy atom. The molecule has 1 fully saturated rings. The Morgan fingerprint density at radius 2 is 1.71 bits per heavy atom. The minimum atomic E-state index is -0.390. The summed E-state index contributed by atoms with van der Waals surface area (Å²) in [5.41, 5.74) is 1.11. The van der Waals surface area contributed by atoms with Gasteiger partial charge in [0.2, 0.25) is 0 Å². The molecule has 0 radical (unpaired) electrons. The molecule has 0 atom stereocenters. The van der Waals surface area contributed by atoms with Crippen LogP contribution in [0.4, 0.5) is 0 Å². The standard InChI is InChI=1S/C15H19BN2O3/c1-10-17-13(19-18-10)11-7-6-8-12(9-11)16-20-14(2,3)15(4,5)21-16/h6-9H,1-5H3. The maximum atomic E-state index is 6.06. The predicted octanol–water partition coefficient (Wildman–Crippen LogP) is 2.34. The molecule has 2 aromatic rings. The first-order chi connectivity index (χ1) is 9.78. The Balaban J connectivity index is 1.91. The molecule has 2 heterocycles. The third-order valence-corrected chi connectivity index (χ3v) is 4.19. The molecular formula is C15H19BN2O3. The maximum Gasteiger partial charge on any atom is 0.494 e. The lowest BCUT2D eigenvalue weighted by atomic mass is 9.78. The van der Waals surface area contributed by atoms with Crippen molar-refractivity contribution in [1.29, 1.82) is 0 Å². The average molecular weight is 286 g/mol. The zero-order chi connectivity index (χ0) is 15.3. The molecule has 1 aliphatic rings. The molecule has 1 aromatic heterocycles. The summed E-state index contributed by atoms with van der Waals surface area (Å²) in [6.45, 7) is 9.96. The maximum absolute atomic E-state index is 6.06. The van der Waals surface area contributed by atoms with Gasteiger partial charge in [-0.15, -0.1) is 0 Å². The smallest absolute Gasteiger partial charge is 0.399 e. The molecule has 1 saturated heterocycles. The third kappa shape index (κ3) is 2.49. The van der Waals surface area contributed by atoms with Crippen molar-refractivity contribution in [2.45, 2.75) is 45.8 Å². The van der Waals surface area contributed by atoms with Crippen molar-refractivity contribution in [2.24, 2.45) is 0 Å². The Morgan fingerprint density at radius 1 is 1.05 bits per heavy atom. The lowest BCUT2D eigenvalue weighted by Gasteiger charge is -2.32. The van der Waals surface area contributed by atoms with E-state index in [1.165, 1.54) is 0 Å². The van der Waals surface area contributed by atoms with Crippen LogP contribution < -0.4 is 5.46 Å². The minimum Gasteiger partial charge on any atom is -0.399 e. The molecule has 0 N–H and O–H groups in total. The van der Waals surface area contributed by atoms with Gasteiger partial charge in [0.15, 0.2) is 5.82 Å². The molecule has 0 saturated carbocycles. The minimum absolute atomic E-state index is 0.352. The highest BCUT2D eigenvalue weighted by molar-refractivity contribution is 6.62. The van der Waals surface area contributed by atoms with E-state index >= 15 is 0 Å². The first-order valence-corrected chi connectivity index (χ1v) is 7.05. The van der Waals surface area contributed by atoms with Crippen molar-refractivity contribution in [2.75, 3.05) is 0 Å². The fourth-order valence-corrected chi connectivity index (χ4v) is 2.21. The van der Waals surface area contributed by atoms with E-state index in [4.69, 9.17) is 13.8 Å². The van der Waals surface area contributed by atoms with Crippen molar-refractivity contribution in [3.63, 3.8) is 0 Å². The first kappa shape index (κ1) is 14.3. The summed E-state index contributed by atoms with van der Waals surface area (Å²) in [6, 6.07) is 7.82. The summed E-state index contributed by atoms with van der Waals surface area (Å²) in [5.74, 6) is 1.12. The number of aromatic nitrogens is 2. The van der Waals surface area contributed by atoms with Gasteiger partial charge in [-0.3, -0.25) is 0 Å². The number of nitrogens with zero attached hydrogens (tertiary/aromatic N) is 2. The fourth-order valence-electron chi connectivity index (χ4n) is 2.21. The second kappa shape index (κ2) is 4.68. The van der Waals surface area contributed by atoms with Crippen LogP contribution >= 0.6 is 0 Å². The van der Waals surface area contributed by atoms with Crippen molar-refractivity contribution in [1.82, 2.24) is 10.1 Å². The van der Waals surface area contributed by atoms with Crippen LogP contribution in [0.15, 0.2) is 28.8 Å². The molecule has 110 valence electrons. The topological polar surface area (TPSA) is 57.4 Å². The normalized spacial score (nSPS) is 20.0. The summed E-state index contributed by atoms with van der Waals surface area (Å²) in [4.78, 5) is 4.25. The fraction of sp³-hybridized carbons (Fsp3) is 0.467. The van der Waals surface area contributed by atoms with E-state index in [1.54, 1.807) is 6.92 Å². The molecule has 0 amide bonds. The quantitative estimate of drug-likeness (QED) is 0.793. The van der Waals surface area contributed by atoms with Gasteiger partial charge in [-0.25, -0.2) is 0 Å². The molecule has 0 spiro atoms. The van der Waals surface area contributed by atoms with Gasteiger partial charge < -0.3 is 13.8 Å². The van der Waals surface area contributed by atoms with Crippen LogP contribution in [0.2, 0.25) is 0 Å². The van der Waals surface area contributed by atoms with Crippen LogP contribution in [-0.2, 0) is 9.31 Å². The van der Waals surface area contributed by atoms with Gasteiger partial charge in [-0.05, 0) is 52.2 Å². The number of aryl methyl sites for hydroxylation is 1. The van der Waals surface area contributed by atoms with Gasteiger partial charge in [-0.1, -0.05) is 17.3 Å². The molecule has 0 unspecified atom stereocenters. The SMILES string of the molecule is Cc1noc(-c2cccc(B3OC(C)(C)C(C)(C)O3)c2)n1. The molecule has 5 nitrogen and oxygen atoms in total. The van der Waals surface area contributed by atoms with E-state index in [9.17, 15) is 0 Å². The molecule has 6 heteroatoms.